The Hall–Kier alpha value is -1.73. The second-order valence-electron chi connectivity index (χ2n) is 11.4. The van der Waals surface area contributed by atoms with Crippen molar-refractivity contribution in [2.45, 2.75) is 90.8 Å². The van der Waals surface area contributed by atoms with E-state index in [1.54, 1.807) is 13.3 Å². The van der Waals surface area contributed by atoms with Crippen molar-refractivity contribution in [1.29, 1.82) is 0 Å². The Morgan fingerprint density at radius 3 is 2.68 bits per heavy atom. The molecule has 6 nitrogen and oxygen atoms in total. The molecule has 2 fully saturated rings. The maximum atomic E-state index is 6.59. The number of anilines is 1. The molecule has 0 radical (unpaired) electrons. The first-order valence-corrected chi connectivity index (χ1v) is 13.9. The molecule has 3 heterocycles. The van der Waals surface area contributed by atoms with E-state index in [1.165, 1.54) is 25.7 Å². The van der Waals surface area contributed by atoms with Crippen LogP contribution in [0, 0.1) is 11.8 Å². The van der Waals surface area contributed by atoms with Crippen molar-refractivity contribution in [3.05, 3.63) is 41.2 Å². The average molecular weight is 531 g/mol. The lowest BCUT2D eigenvalue weighted by Gasteiger charge is -2.35. The van der Waals surface area contributed by atoms with Gasteiger partial charge in [-0.3, -0.25) is 4.98 Å². The SMILES string of the molecule is C.COC[C@@H](C)NC1CCC(Cc2cc(-c3cccc(NC[C@H]4CCOC(C)(C)C4)n3)c(Cl)cn2)CC1. The van der Waals surface area contributed by atoms with E-state index >= 15 is 0 Å². The van der Waals surface area contributed by atoms with Crippen molar-refractivity contribution in [2.75, 3.05) is 32.2 Å². The van der Waals surface area contributed by atoms with Gasteiger partial charge in [0, 0.05) is 49.8 Å². The van der Waals surface area contributed by atoms with Gasteiger partial charge in [-0.1, -0.05) is 25.1 Å². The Morgan fingerprint density at radius 2 is 1.95 bits per heavy atom. The van der Waals surface area contributed by atoms with Crippen molar-refractivity contribution in [3.8, 4) is 11.3 Å². The number of rotatable bonds is 10. The minimum Gasteiger partial charge on any atom is -0.383 e. The fraction of sp³-hybridized carbons (Fsp3) is 0.667. The summed E-state index contributed by atoms with van der Waals surface area (Å²) < 4.78 is 11.1. The number of pyridine rings is 2. The van der Waals surface area contributed by atoms with Crippen LogP contribution in [0.4, 0.5) is 5.82 Å². The molecule has 1 saturated carbocycles. The first-order chi connectivity index (χ1) is 17.3. The molecule has 1 aliphatic heterocycles. The van der Waals surface area contributed by atoms with Gasteiger partial charge in [-0.05, 0) is 95.8 Å². The number of nitrogens with one attached hydrogen (secondary N) is 2. The van der Waals surface area contributed by atoms with Crippen LogP contribution in [-0.4, -0.2) is 54.5 Å². The summed E-state index contributed by atoms with van der Waals surface area (Å²) in [6.07, 6.45) is 9.77. The molecule has 0 aromatic carbocycles. The minimum absolute atomic E-state index is 0. The van der Waals surface area contributed by atoms with E-state index in [9.17, 15) is 0 Å². The lowest BCUT2D eigenvalue weighted by atomic mass is 9.83. The van der Waals surface area contributed by atoms with E-state index in [0.717, 1.165) is 61.8 Å². The maximum absolute atomic E-state index is 6.59. The van der Waals surface area contributed by atoms with E-state index in [2.05, 4.69) is 42.5 Å². The van der Waals surface area contributed by atoms with Gasteiger partial charge in [-0.15, -0.1) is 0 Å². The average Bonchev–Trinajstić information content (AvgIpc) is 2.85. The summed E-state index contributed by atoms with van der Waals surface area (Å²) in [4.78, 5) is 9.56. The van der Waals surface area contributed by atoms with Crippen LogP contribution >= 0.6 is 11.6 Å². The largest absolute Gasteiger partial charge is 0.383 e. The summed E-state index contributed by atoms with van der Waals surface area (Å²) in [5, 5.41) is 7.90. The third-order valence-electron chi connectivity index (χ3n) is 7.59. The second kappa shape index (κ2) is 13.9. The molecule has 7 heteroatoms. The van der Waals surface area contributed by atoms with Crippen LogP contribution in [0.3, 0.4) is 0 Å². The van der Waals surface area contributed by atoms with Crippen molar-refractivity contribution in [1.82, 2.24) is 15.3 Å². The zero-order chi connectivity index (χ0) is 25.5. The first-order valence-electron chi connectivity index (χ1n) is 13.6. The predicted octanol–water partition coefficient (Wildman–Crippen LogP) is 6.78. The second-order valence-corrected chi connectivity index (χ2v) is 11.8. The quantitative estimate of drug-likeness (QED) is 0.353. The molecule has 206 valence electrons. The third kappa shape index (κ3) is 8.91. The van der Waals surface area contributed by atoms with Crippen LogP contribution in [-0.2, 0) is 15.9 Å². The first kappa shape index (κ1) is 29.8. The van der Waals surface area contributed by atoms with Crippen molar-refractivity contribution in [2.24, 2.45) is 11.8 Å². The predicted molar refractivity (Wildman–Crippen MR) is 154 cm³/mol. The van der Waals surface area contributed by atoms with Crippen LogP contribution in [0.1, 0.15) is 72.4 Å². The van der Waals surface area contributed by atoms with E-state index < -0.39 is 0 Å². The van der Waals surface area contributed by atoms with Gasteiger partial charge in [-0.25, -0.2) is 4.98 Å². The molecule has 4 rings (SSSR count). The summed E-state index contributed by atoms with van der Waals surface area (Å²) in [5.74, 6) is 2.13. The highest BCUT2D eigenvalue weighted by Gasteiger charge is 2.28. The minimum atomic E-state index is -0.0426. The number of methoxy groups -OCH3 is 1. The fourth-order valence-electron chi connectivity index (χ4n) is 5.78. The Kier molecular flexibility index (Phi) is 11.2. The molecule has 0 spiro atoms. The van der Waals surface area contributed by atoms with Gasteiger partial charge in [0.1, 0.15) is 5.82 Å². The van der Waals surface area contributed by atoms with Gasteiger partial charge < -0.3 is 20.1 Å². The molecular weight excluding hydrogens is 484 g/mol. The highest BCUT2D eigenvalue weighted by molar-refractivity contribution is 6.33. The van der Waals surface area contributed by atoms with E-state index in [-0.39, 0.29) is 13.0 Å². The molecule has 0 bridgehead atoms. The Labute approximate surface area is 229 Å². The fourth-order valence-corrected chi connectivity index (χ4v) is 5.98. The number of aromatic nitrogens is 2. The highest BCUT2D eigenvalue weighted by Crippen LogP contribution is 2.32. The molecule has 1 aliphatic carbocycles. The summed E-state index contributed by atoms with van der Waals surface area (Å²) in [7, 11) is 1.76. The highest BCUT2D eigenvalue weighted by atomic mass is 35.5. The molecule has 2 aromatic rings. The van der Waals surface area contributed by atoms with Gasteiger partial charge in [0.2, 0.25) is 0 Å². The molecule has 2 aliphatic rings. The van der Waals surface area contributed by atoms with Crippen molar-refractivity contribution < 1.29 is 9.47 Å². The van der Waals surface area contributed by atoms with Gasteiger partial charge in [0.05, 0.1) is 22.9 Å². The van der Waals surface area contributed by atoms with Crippen molar-refractivity contribution >= 4 is 17.4 Å². The Balaban J connectivity index is 0.00000380. The molecule has 0 unspecified atom stereocenters. The van der Waals surface area contributed by atoms with Crippen LogP contribution in [0.15, 0.2) is 30.5 Å². The number of halogens is 1. The number of hydrogen-bond acceptors (Lipinski definition) is 6. The molecule has 2 atom stereocenters. The number of ether oxygens (including phenoxy) is 2. The van der Waals surface area contributed by atoms with Crippen LogP contribution in [0.2, 0.25) is 5.02 Å². The molecule has 0 amide bonds. The Morgan fingerprint density at radius 1 is 1.16 bits per heavy atom. The van der Waals surface area contributed by atoms with Crippen LogP contribution < -0.4 is 10.6 Å². The number of hydrogen-bond donors (Lipinski definition) is 2. The van der Waals surface area contributed by atoms with Gasteiger partial charge in [0.15, 0.2) is 0 Å². The molecule has 2 aromatic heterocycles. The monoisotopic (exact) mass is 530 g/mol. The van der Waals surface area contributed by atoms with Gasteiger partial charge >= 0.3 is 0 Å². The lowest BCUT2D eigenvalue weighted by molar-refractivity contribution is -0.0699. The normalized spacial score (nSPS) is 24.2. The molecular formula is C30H47ClN4O2. The molecule has 1 saturated heterocycles. The van der Waals surface area contributed by atoms with Crippen molar-refractivity contribution in [3.63, 3.8) is 0 Å². The Bertz CT molecular complexity index is 978. The van der Waals surface area contributed by atoms with Gasteiger partial charge in [0.25, 0.3) is 0 Å². The number of nitrogens with zero attached hydrogens (tertiary/aromatic N) is 2. The zero-order valence-corrected chi connectivity index (χ0v) is 23.1. The maximum Gasteiger partial charge on any atom is 0.126 e. The standard InChI is InChI=1S/C29H43ClN4O2.CH4/c1-20(19-35-4)33-23-10-8-21(9-11-23)14-24-15-25(26(30)18-31-24)27-6-5-7-28(34-27)32-17-22-12-13-36-29(2,3)16-22;/h5-7,15,18,20-23,33H,8-14,16-17,19H2,1-4H3,(H,32,34);1H4/t20-,21?,22+,23?;/m1./s1. The van der Waals surface area contributed by atoms with E-state index in [1.807, 2.05) is 18.2 Å². The van der Waals surface area contributed by atoms with Gasteiger partial charge in [-0.2, -0.15) is 0 Å². The van der Waals surface area contributed by atoms with Crippen LogP contribution in [0.5, 0.6) is 0 Å². The lowest BCUT2D eigenvalue weighted by Crippen LogP contribution is -2.41. The topological polar surface area (TPSA) is 68.3 Å². The van der Waals surface area contributed by atoms with Crippen LogP contribution in [0.25, 0.3) is 11.3 Å². The molecule has 2 N–H and O–H groups in total. The smallest absolute Gasteiger partial charge is 0.126 e. The summed E-state index contributed by atoms with van der Waals surface area (Å²) in [6.45, 7) is 9.03. The van der Waals surface area contributed by atoms with E-state index in [0.29, 0.717) is 28.9 Å². The molecule has 37 heavy (non-hydrogen) atoms. The van der Waals surface area contributed by atoms with E-state index in [4.69, 9.17) is 26.1 Å². The summed E-state index contributed by atoms with van der Waals surface area (Å²) in [5.41, 5.74) is 2.91. The summed E-state index contributed by atoms with van der Waals surface area (Å²) >= 11 is 6.59. The summed E-state index contributed by atoms with van der Waals surface area (Å²) in [6, 6.07) is 9.24. The third-order valence-corrected chi connectivity index (χ3v) is 7.89. The zero-order valence-electron chi connectivity index (χ0n) is 22.4.